The lowest BCUT2D eigenvalue weighted by Gasteiger charge is -2.09. The van der Waals surface area contributed by atoms with Crippen molar-refractivity contribution in [1.82, 2.24) is 19.9 Å². The van der Waals surface area contributed by atoms with E-state index in [0.29, 0.717) is 22.4 Å². The molecule has 0 atom stereocenters. The Hall–Kier alpha value is -5.43. The summed E-state index contributed by atoms with van der Waals surface area (Å²) in [7, 11) is -15.3. The average molecular weight is 718 g/mol. The molecule has 2 aliphatic heterocycles. The fourth-order valence-electron chi connectivity index (χ4n) is 5.90. The molecule has 0 fully saturated rings. The first kappa shape index (κ1) is 32.1. The number of H-pyrrole nitrogens is 2. The smallest absolute Gasteiger partial charge is 0.298 e. The number of fused-ring (bicyclic) bond motifs is 8. The molecule has 3 aromatic heterocycles. The highest BCUT2D eigenvalue weighted by Gasteiger charge is 2.28. The van der Waals surface area contributed by atoms with Crippen LogP contribution in [0.4, 0.5) is 5.69 Å². The number of aromatic nitrogens is 4. The standard InChI is InChI=1S/C32H23N5O9S3/c33-19-8-4-7-18(15-19)27-26-16-20-9-10-21(34-20)30(47(38,39)40)22-11-12-23(35-22)31(48(41,42)43)24-13-14-25(36-24)32(49(44,45)46)29(37-26)28(27)17-5-2-1-3-6-17/h1-16,35,37H,33H2,(H,38,39,40)(H,41,42,43)(H,44,45,46). The van der Waals surface area contributed by atoms with Gasteiger partial charge >= 0.3 is 0 Å². The number of nitrogen functional groups attached to an aromatic ring is 1. The summed E-state index contributed by atoms with van der Waals surface area (Å²) in [6, 6.07) is 19.1. The molecule has 0 aliphatic carbocycles. The molecule has 0 saturated heterocycles. The summed E-state index contributed by atoms with van der Waals surface area (Å²) in [5.41, 5.74) is 6.85. The van der Waals surface area contributed by atoms with E-state index >= 15 is 0 Å². The Labute approximate surface area is 278 Å². The average Bonchev–Trinajstić information content (AvgIpc) is 3.81. The third-order valence-electron chi connectivity index (χ3n) is 7.73. The monoisotopic (exact) mass is 717 g/mol. The van der Waals surface area contributed by atoms with Crippen molar-refractivity contribution in [1.29, 1.82) is 0 Å². The number of aromatic amines is 2. The Kier molecular flexibility index (Phi) is 7.43. The second kappa shape index (κ2) is 11.3. The zero-order valence-electron chi connectivity index (χ0n) is 24.7. The van der Waals surface area contributed by atoms with Crippen LogP contribution in [0.5, 0.6) is 0 Å². The molecule has 0 radical (unpaired) electrons. The number of benzene rings is 2. The highest BCUT2D eigenvalue weighted by molar-refractivity contribution is 7.86. The fourth-order valence-corrected chi connectivity index (χ4v) is 8.24. The largest absolute Gasteiger partial charge is 0.399 e. The van der Waals surface area contributed by atoms with Crippen molar-refractivity contribution in [3.63, 3.8) is 0 Å². The Morgan fingerprint density at radius 1 is 0.531 bits per heavy atom. The predicted octanol–water partition coefficient (Wildman–Crippen LogP) is 5.31. The summed E-state index contributed by atoms with van der Waals surface area (Å²) in [4.78, 5) is 12.0. The SMILES string of the molecule is Nc1cccc(-c2c(-c3ccccc3)c3[nH]c2cc2nc(c(S(=O)(=O)O)c4ccc([nH]4)c(S(=O)(=O)O)c4nc(c3S(=O)(=O)O)C=C4)C=C2)c1. The number of rotatable bonds is 5. The van der Waals surface area contributed by atoms with Crippen LogP contribution in [0.25, 0.3) is 68.6 Å². The Bertz CT molecular complexity index is 2810. The molecule has 49 heavy (non-hydrogen) atoms. The summed E-state index contributed by atoms with van der Waals surface area (Å²) < 4.78 is 109. The first-order valence-corrected chi connectivity index (χ1v) is 18.5. The van der Waals surface area contributed by atoms with Crippen LogP contribution in [-0.4, -0.2) is 58.8 Å². The minimum absolute atomic E-state index is 0.137. The molecule has 0 unspecified atom stereocenters. The number of anilines is 1. The lowest BCUT2D eigenvalue weighted by Crippen LogP contribution is -2.04. The molecule has 5 heterocycles. The van der Waals surface area contributed by atoms with Crippen molar-refractivity contribution in [3.05, 3.63) is 95.6 Å². The van der Waals surface area contributed by atoms with Gasteiger partial charge in [-0.3, -0.25) is 13.7 Å². The van der Waals surface area contributed by atoms with Crippen molar-refractivity contribution in [2.24, 2.45) is 0 Å². The van der Waals surface area contributed by atoms with Gasteiger partial charge in [-0.15, -0.1) is 0 Å². The van der Waals surface area contributed by atoms with Gasteiger partial charge in [0.2, 0.25) is 0 Å². The highest BCUT2D eigenvalue weighted by atomic mass is 32.2. The molecule has 8 bridgehead atoms. The Balaban J connectivity index is 1.82. The van der Waals surface area contributed by atoms with Crippen LogP contribution in [0.15, 0.2) is 87.5 Å². The van der Waals surface area contributed by atoms with E-state index in [-0.39, 0.29) is 44.7 Å². The summed E-state index contributed by atoms with van der Waals surface area (Å²) in [5, 5.41) is 0. The summed E-state index contributed by atoms with van der Waals surface area (Å²) in [6.07, 6.45) is 5.01. The number of hydrogen-bond acceptors (Lipinski definition) is 9. The van der Waals surface area contributed by atoms with Crippen molar-refractivity contribution < 1.29 is 38.9 Å². The fraction of sp³-hybridized carbons (Fsp3) is 0. The molecule has 0 saturated carbocycles. The number of nitrogens with one attached hydrogen (secondary N) is 2. The zero-order chi connectivity index (χ0) is 34.9. The number of nitrogens with zero attached hydrogens (tertiary/aromatic N) is 2. The molecule has 0 spiro atoms. The maximum atomic E-state index is 13.3. The molecule has 248 valence electrons. The van der Waals surface area contributed by atoms with Crippen LogP contribution in [0.3, 0.4) is 0 Å². The maximum absolute atomic E-state index is 13.3. The maximum Gasteiger partial charge on any atom is 0.298 e. The minimum Gasteiger partial charge on any atom is -0.399 e. The van der Waals surface area contributed by atoms with E-state index in [1.807, 2.05) is 0 Å². The predicted molar refractivity (Wildman–Crippen MR) is 184 cm³/mol. The highest BCUT2D eigenvalue weighted by Crippen LogP contribution is 2.43. The van der Waals surface area contributed by atoms with Gasteiger partial charge in [-0.2, -0.15) is 25.3 Å². The third kappa shape index (κ3) is 5.84. The second-order valence-corrected chi connectivity index (χ2v) is 15.0. The Morgan fingerprint density at radius 2 is 1.08 bits per heavy atom. The lowest BCUT2D eigenvalue weighted by molar-refractivity contribution is 0.481. The molecule has 7 rings (SSSR count). The van der Waals surface area contributed by atoms with Crippen molar-refractivity contribution in [2.75, 3.05) is 5.73 Å². The molecule has 2 aromatic carbocycles. The van der Waals surface area contributed by atoms with E-state index < -0.39 is 50.7 Å². The van der Waals surface area contributed by atoms with E-state index in [1.54, 1.807) is 54.6 Å². The van der Waals surface area contributed by atoms with Gasteiger partial charge in [-0.1, -0.05) is 42.5 Å². The van der Waals surface area contributed by atoms with Gasteiger partial charge in [-0.05, 0) is 65.8 Å². The normalized spacial score (nSPS) is 13.2. The van der Waals surface area contributed by atoms with Gasteiger partial charge in [0.15, 0.2) is 0 Å². The van der Waals surface area contributed by atoms with E-state index in [1.165, 1.54) is 18.2 Å². The van der Waals surface area contributed by atoms with Crippen LogP contribution in [0, 0.1) is 0 Å². The molecule has 2 aliphatic rings. The van der Waals surface area contributed by atoms with Crippen LogP contribution in [0.2, 0.25) is 0 Å². The first-order valence-electron chi connectivity index (χ1n) is 14.1. The van der Waals surface area contributed by atoms with E-state index in [4.69, 9.17) is 5.73 Å². The molecular weight excluding hydrogens is 695 g/mol. The van der Waals surface area contributed by atoms with Gasteiger partial charge in [0, 0.05) is 22.3 Å². The summed E-state index contributed by atoms with van der Waals surface area (Å²) >= 11 is 0. The molecule has 17 heteroatoms. The van der Waals surface area contributed by atoms with E-state index in [0.717, 1.165) is 24.3 Å². The third-order valence-corrected chi connectivity index (χ3v) is 10.6. The number of nitrogens with two attached hydrogens (primary N) is 1. The molecule has 14 nitrogen and oxygen atoms in total. The van der Waals surface area contributed by atoms with Crippen LogP contribution < -0.4 is 5.73 Å². The quantitative estimate of drug-likeness (QED) is 0.0979. The van der Waals surface area contributed by atoms with E-state index in [2.05, 4.69) is 19.9 Å². The minimum atomic E-state index is -5.14. The van der Waals surface area contributed by atoms with Crippen LogP contribution >= 0.6 is 0 Å². The molecule has 7 N–H and O–H groups in total. The summed E-state index contributed by atoms with van der Waals surface area (Å²) in [6.45, 7) is 0. The first-order chi connectivity index (χ1) is 23.1. The number of hydrogen-bond donors (Lipinski definition) is 6. The molecular formula is C32H23N5O9S3. The lowest BCUT2D eigenvalue weighted by atomic mass is 9.95. The second-order valence-electron chi connectivity index (χ2n) is 11.0. The summed E-state index contributed by atoms with van der Waals surface area (Å²) in [5.74, 6) is 0. The van der Waals surface area contributed by atoms with Crippen LogP contribution in [-0.2, 0) is 30.4 Å². The van der Waals surface area contributed by atoms with Crippen molar-refractivity contribution in [2.45, 2.75) is 14.7 Å². The zero-order valence-corrected chi connectivity index (χ0v) is 27.2. The van der Waals surface area contributed by atoms with Crippen LogP contribution in [0.1, 0.15) is 22.8 Å². The van der Waals surface area contributed by atoms with Crippen molar-refractivity contribution >= 4 is 82.4 Å². The van der Waals surface area contributed by atoms with Gasteiger partial charge in [0.05, 0.1) is 39.3 Å². The van der Waals surface area contributed by atoms with E-state index in [9.17, 15) is 38.9 Å². The van der Waals surface area contributed by atoms with Gasteiger partial charge in [0.1, 0.15) is 14.7 Å². The van der Waals surface area contributed by atoms with Gasteiger partial charge in [0.25, 0.3) is 30.4 Å². The van der Waals surface area contributed by atoms with Gasteiger partial charge < -0.3 is 15.7 Å². The molecule has 5 aromatic rings. The van der Waals surface area contributed by atoms with Crippen molar-refractivity contribution in [3.8, 4) is 22.3 Å². The van der Waals surface area contributed by atoms with Gasteiger partial charge in [-0.25, -0.2) is 9.97 Å². The molecule has 0 amide bonds. The topological polar surface area (TPSA) is 246 Å². The Morgan fingerprint density at radius 3 is 1.67 bits per heavy atom.